The molecule has 2 heteroatoms. The summed E-state index contributed by atoms with van der Waals surface area (Å²) in [4.78, 5) is 27.4. The summed E-state index contributed by atoms with van der Waals surface area (Å²) >= 11 is 0. The summed E-state index contributed by atoms with van der Waals surface area (Å²) in [5.41, 5.74) is 7.71. The van der Waals surface area contributed by atoms with Gasteiger partial charge in [-0.1, -0.05) is 84.9 Å². The number of benzene rings is 4. The predicted molar refractivity (Wildman–Crippen MR) is 120 cm³/mol. The van der Waals surface area contributed by atoms with E-state index in [1.807, 2.05) is 86.6 Å². The Morgan fingerprint density at radius 3 is 1.20 bits per heavy atom. The molecule has 2 nitrogen and oxygen atoms in total. The topological polar surface area (TPSA) is 34.1 Å². The lowest BCUT2D eigenvalue weighted by Crippen LogP contribution is -2.23. The van der Waals surface area contributed by atoms with Crippen LogP contribution in [0.5, 0.6) is 0 Å². The first-order chi connectivity index (χ1) is 14.6. The van der Waals surface area contributed by atoms with Crippen molar-refractivity contribution in [1.29, 1.82) is 0 Å². The second-order valence-corrected chi connectivity index (χ2v) is 7.74. The molecule has 30 heavy (non-hydrogen) atoms. The van der Waals surface area contributed by atoms with Gasteiger partial charge in [0.25, 0.3) is 0 Å². The van der Waals surface area contributed by atoms with Gasteiger partial charge in [0.1, 0.15) is 0 Å². The maximum atomic E-state index is 13.9. The van der Waals surface area contributed by atoms with Crippen molar-refractivity contribution < 1.29 is 9.59 Å². The van der Waals surface area contributed by atoms with Crippen LogP contribution in [0.2, 0.25) is 0 Å². The van der Waals surface area contributed by atoms with E-state index in [2.05, 4.69) is 0 Å². The van der Waals surface area contributed by atoms with Crippen molar-refractivity contribution >= 4 is 11.6 Å². The monoisotopic (exact) mass is 388 g/mol. The Kier molecular flexibility index (Phi) is 4.22. The van der Waals surface area contributed by atoms with Crippen molar-refractivity contribution in [1.82, 2.24) is 0 Å². The van der Waals surface area contributed by atoms with Crippen molar-refractivity contribution in [2.24, 2.45) is 0 Å². The van der Waals surface area contributed by atoms with Gasteiger partial charge in [-0.3, -0.25) is 9.59 Å². The van der Waals surface area contributed by atoms with Crippen LogP contribution in [0.1, 0.15) is 43.0 Å². The average molecular weight is 388 g/mol. The molecule has 0 fully saturated rings. The summed E-state index contributed by atoms with van der Waals surface area (Å²) in [5, 5.41) is 0. The van der Waals surface area contributed by atoms with Crippen molar-refractivity contribution in [2.75, 3.05) is 0 Å². The first kappa shape index (κ1) is 18.3. The highest BCUT2D eigenvalue weighted by molar-refractivity contribution is 6.32. The highest BCUT2D eigenvalue weighted by Gasteiger charge is 2.34. The molecule has 0 N–H and O–H groups in total. The highest BCUT2D eigenvalue weighted by Crippen LogP contribution is 2.39. The number of carbonyl (C=O) groups is 2. The van der Waals surface area contributed by atoms with Crippen LogP contribution in [0, 0.1) is 13.8 Å². The molecule has 5 rings (SSSR count). The third-order valence-electron chi connectivity index (χ3n) is 5.94. The zero-order chi connectivity index (χ0) is 20.8. The molecule has 0 amide bonds. The van der Waals surface area contributed by atoms with Crippen molar-refractivity contribution in [3.8, 4) is 22.3 Å². The lowest BCUT2D eigenvalue weighted by molar-refractivity contribution is 0.0980. The van der Waals surface area contributed by atoms with E-state index in [9.17, 15) is 9.59 Å². The zero-order valence-electron chi connectivity index (χ0n) is 16.9. The first-order valence-corrected chi connectivity index (χ1v) is 10.1. The summed E-state index contributed by atoms with van der Waals surface area (Å²) in [7, 11) is 0. The molecule has 0 aromatic heterocycles. The average Bonchev–Trinajstić information content (AvgIpc) is 2.77. The van der Waals surface area contributed by atoms with Crippen LogP contribution in [-0.2, 0) is 0 Å². The van der Waals surface area contributed by atoms with Crippen LogP contribution in [0.25, 0.3) is 22.3 Å². The van der Waals surface area contributed by atoms with Gasteiger partial charge < -0.3 is 0 Å². The fourth-order valence-corrected chi connectivity index (χ4v) is 4.44. The number of rotatable bonds is 2. The standard InChI is InChI=1S/C28H20O2/c1-17-9-3-5-11-19(17)21-13-7-15-23-25(21)28(30)26-22(14-8-16-24(26)27(23)29)20-12-6-4-10-18(20)2/h3-16H,1-2H3. The molecule has 144 valence electrons. The number of ketones is 2. The van der Waals surface area contributed by atoms with Gasteiger partial charge in [-0.2, -0.15) is 0 Å². The van der Waals surface area contributed by atoms with E-state index in [0.29, 0.717) is 22.3 Å². The second kappa shape index (κ2) is 6.93. The molecule has 0 spiro atoms. The number of carbonyl (C=O) groups excluding carboxylic acids is 2. The van der Waals surface area contributed by atoms with Crippen molar-refractivity contribution in [3.63, 3.8) is 0 Å². The minimum absolute atomic E-state index is 0.0858. The van der Waals surface area contributed by atoms with Crippen LogP contribution >= 0.6 is 0 Å². The van der Waals surface area contributed by atoms with Gasteiger partial charge in [0.2, 0.25) is 0 Å². The van der Waals surface area contributed by atoms with Gasteiger partial charge in [0, 0.05) is 22.3 Å². The van der Waals surface area contributed by atoms with E-state index in [1.165, 1.54) is 0 Å². The summed E-state index contributed by atoms with van der Waals surface area (Å²) in [6, 6.07) is 27.1. The largest absolute Gasteiger partial charge is 0.289 e. The van der Waals surface area contributed by atoms with E-state index in [4.69, 9.17) is 0 Å². The number of hydrogen-bond donors (Lipinski definition) is 0. The molecule has 0 saturated carbocycles. The van der Waals surface area contributed by atoms with Crippen LogP contribution in [-0.4, -0.2) is 11.6 Å². The van der Waals surface area contributed by atoms with Crippen LogP contribution < -0.4 is 0 Å². The third kappa shape index (κ3) is 2.65. The number of hydrogen-bond acceptors (Lipinski definition) is 2. The fourth-order valence-electron chi connectivity index (χ4n) is 4.44. The molecular formula is C28H20O2. The predicted octanol–water partition coefficient (Wildman–Crippen LogP) is 6.41. The Morgan fingerprint density at radius 2 is 0.767 bits per heavy atom. The molecular weight excluding hydrogens is 368 g/mol. The Morgan fingerprint density at radius 1 is 0.400 bits per heavy atom. The van der Waals surface area contributed by atoms with Crippen molar-refractivity contribution in [2.45, 2.75) is 13.8 Å². The third-order valence-corrected chi connectivity index (χ3v) is 5.94. The number of fused-ring (bicyclic) bond motifs is 2. The molecule has 0 saturated heterocycles. The van der Waals surface area contributed by atoms with Crippen LogP contribution in [0.15, 0.2) is 84.9 Å². The van der Waals surface area contributed by atoms with Gasteiger partial charge in [0.15, 0.2) is 11.6 Å². The highest BCUT2D eigenvalue weighted by atomic mass is 16.1. The van der Waals surface area contributed by atoms with Gasteiger partial charge in [-0.05, 0) is 47.2 Å². The molecule has 0 unspecified atom stereocenters. The SMILES string of the molecule is Cc1ccccc1-c1cccc2c1C(=O)c1c(cccc1-c1ccccc1C)C2=O. The Labute approximate surface area is 175 Å². The quantitative estimate of drug-likeness (QED) is 0.350. The van der Waals surface area contributed by atoms with Crippen LogP contribution in [0.4, 0.5) is 0 Å². The second-order valence-electron chi connectivity index (χ2n) is 7.74. The van der Waals surface area contributed by atoms with Gasteiger partial charge in [0.05, 0.1) is 0 Å². The summed E-state index contributed by atoms with van der Waals surface area (Å²) < 4.78 is 0. The zero-order valence-corrected chi connectivity index (χ0v) is 16.9. The van der Waals surface area contributed by atoms with Gasteiger partial charge in [-0.25, -0.2) is 0 Å². The Balaban J connectivity index is 1.81. The molecule has 0 aliphatic heterocycles. The smallest absolute Gasteiger partial charge is 0.195 e. The lowest BCUT2D eigenvalue weighted by atomic mass is 9.77. The minimum atomic E-state index is -0.0922. The first-order valence-electron chi connectivity index (χ1n) is 10.1. The molecule has 0 bridgehead atoms. The maximum absolute atomic E-state index is 13.9. The minimum Gasteiger partial charge on any atom is -0.289 e. The summed E-state index contributed by atoms with van der Waals surface area (Å²) in [5.74, 6) is -0.178. The molecule has 0 atom stereocenters. The van der Waals surface area contributed by atoms with E-state index >= 15 is 0 Å². The summed E-state index contributed by atoms with van der Waals surface area (Å²) in [6.45, 7) is 4.05. The molecule has 0 heterocycles. The van der Waals surface area contributed by atoms with E-state index in [-0.39, 0.29) is 11.6 Å². The Bertz CT molecular complexity index is 1240. The summed E-state index contributed by atoms with van der Waals surface area (Å²) in [6.07, 6.45) is 0. The number of aryl methyl sites for hydroxylation is 2. The van der Waals surface area contributed by atoms with Gasteiger partial charge in [-0.15, -0.1) is 0 Å². The molecule has 4 aromatic carbocycles. The normalized spacial score (nSPS) is 12.5. The lowest BCUT2D eigenvalue weighted by Gasteiger charge is -2.23. The Hall–Kier alpha value is -3.78. The van der Waals surface area contributed by atoms with E-state index in [1.54, 1.807) is 12.1 Å². The molecule has 1 aliphatic carbocycles. The van der Waals surface area contributed by atoms with Gasteiger partial charge >= 0.3 is 0 Å². The molecule has 0 radical (unpaired) electrons. The van der Waals surface area contributed by atoms with E-state index < -0.39 is 0 Å². The van der Waals surface area contributed by atoms with E-state index in [0.717, 1.165) is 33.4 Å². The fraction of sp³-hybridized carbons (Fsp3) is 0.0714. The molecule has 4 aromatic rings. The molecule has 1 aliphatic rings. The maximum Gasteiger partial charge on any atom is 0.195 e. The van der Waals surface area contributed by atoms with Crippen LogP contribution in [0.3, 0.4) is 0 Å². The van der Waals surface area contributed by atoms with Crippen molar-refractivity contribution in [3.05, 3.63) is 118 Å².